The molecule has 0 aliphatic carbocycles. The molecule has 11 heteroatoms. The number of aromatic nitrogens is 1. The van der Waals surface area contributed by atoms with Crippen molar-refractivity contribution in [3.05, 3.63) is 53.6 Å². The van der Waals surface area contributed by atoms with Gasteiger partial charge in [-0.05, 0) is 51.1 Å². The third kappa shape index (κ3) is 6.61. The predicted octanol–water partition coefficient (Wildman–Crippen LogP) is 4.75. The van der Waals surface area contributed by atoms with Gasteiger partial charge >= 0.3 is 6.18 Å². The minimum absolute atomic E-state index is 0.0465. The van der Waals surface area contributed by atoms with Crippen LogP contribution in [0.3, 0.4) is 0 Å². The average Bonchev–Trinajstić information content (AvgIpc) is 2.82. The number of benzene rings is 1. The standard InChI is InChI=1S/C22H23F4N3O3S/c1-20(2)11-21(3,29-18(33)10-32-20)15-8-13(4-6-16(15)23)28-19(30)17-7-5-14(9-27-17)31-12-22(24,25)26/h4-9H,10-12H2,1-3H3,(H,28,30)(H,29,33)/t21-/m0/s1. The van der Waals surface area contributed by atoms with Gasteiger partial charge in [0.25, 0.3) is 5.91 Å². The Labute approximate surface area is 193 Å². The summed E-state index contributed by atoms with van der Waals surface area (Å²) in [5.41, 5.74) is -0.904. The molecule has 1 saturated heterocycles. The molecule has 3 rings (SSSR count). The molecule has 2 aromatic rings. The van der Waals surface area contributed by atoms with Gasteiger partial charge in [0.05, 0.1) is 23.9 Å². The van der Waals surface area contributed by atoms with Crippen LogP contribution in [0.15, 0.2) is 36.5 Å². The maximum absolute atomic E-state index is 14.8. The Hall–Kier alpha value is -2.79. The molecule has 1 aliphatic rings. The lowest BCUT2D eigenvalue weighted by atomic mass is 9.81. The second kappa shape index (κ2) is 9.22. The largest absolute Gasteiger partial charge is 0.483 e. The quantitative estimate of drug-likeness (QED) is 0.471. The van der Waals surface area contributed by atoms with Gasteiger partial charge in [-0.15, -0.1) is 0 Å². The molecule has 0 unspecified atom stereocenters. The first-order valence-electron chi connectivity index (χ1n) is 9.98. The van der Waals surface area contributed by atoms with Crippen molar-refractivity contribution in [1.29, 1.82) is 0 Å². The lowest BCUT2D eigenvalue weighted by molar-refractivity contribution is -0.153. The first-order valence-corrected chi connectivity index (χ1v) is 10.4. The zero-order valence-electron chi connectivity index (χ0n) is 18.2. The number of amides is 1. The van der Waals surface area contributed by atoms with E-state index in [2.05, 4.69) is 20.4 Å². The minimum atomic E-state index is -4.48. The summed E-state index contributed by atoms with van der Waals surface area (Å²) < 4.78 is 61.9. The van der Waals surface area contributed by atoms with Gasteiger partial charge in [-0.3, -0.25) is 4.79 Å². The van der Waals surface area contributed by atoms with Gasteiger partial charge < -0.3 is 20.1 Å². The number of hydrogen-bond donors (Lipinski definition) is 2. The summed E-state index contributed by atoms with van der Waals surface area (Å²) in [5.74, 6) is -1.22. The lowest BCUT2D eigenvalue weighted by Gasteiger charge is -2.35. The molecule has 1 fully saturated rings. The van der Waals surface area contributed by atoms with Crippen LogP contribution in [0.5, 0.6) is 5.75 Å². The number of nitrogens with zero attached hydrogens (tertiary/aromatic N) is 1. The Bertz CT molecular complexity index is 1040. The van der Waals surface area contributed by atoms with E-state index >= 15 is 0 Å². The second-order valence-electron chi connectivity index (χ2n) is 8.54. The highest BCUT2D eigenvalue weighted by molar-refractivity contribution is 7.80. The van der Waals surface area contributed by atoms with Gasteiger partial charge in [0.2, 0.25) is 0 Å². The van der Waals surface area contributed by atoms with Crippen LogP contribution in [-0.4, -0.2) is 40.9 Å². The highest BCUT2D eigenvalue weighted by Gasteiger charge is 2.40. The van der Waals surface area contributed by atoms with Crippen molar-refractivity contribution in [2.45, 2.75) is 44.5 Å². The molecule has 178 valence electrons. The molecule has 1 aromatic heterocycles. The molecule has 0 radical (unpaired) electrons. The average molecular weight is 486 g/mol. The fourth-order valence-corrected chi connectivity index (χ4v) is 3.98. The summed E-state index contributed by atoms with van der Waals surface area (Å²) in [5, 5.41) is 5.78. The van der Waals surface area contributed by atoms with Crippen molar-refractivity contribution >= 4 is 28.8 Å². The predicted molar refractivity (Wildman–Crippen MR) is 118 cm³/mol. The summed E-state index contributed by atoms with van der Waals surface area (Å²) >= 11 is 5.29. The summed E-state index contributed by atoms with van der Waals surface area (Å²) in [7, 11) is 0. The van der Waals surface area contributed by atoms with Crippen LogP contribution < -0.4 is 15.4 Å². The zero-order chi connectivity index (χ0) is 24.4. The number of halogens is 4. The number of pyridine rings is 1. The number of hydrogen-bond acceptors (Lipinski definition) is 5. The van der Waals surface area contributed by atoms with E-state index in [1.807, 2.05) is 13.8 Å². The van der Waals surface area contributed by atoms with Crippen LogP contribution in [0.25, 0.3) is 0 Å². The van der Waals surface area contributed by atoms with E-state index in [9.17, 15) is 22.4 Å². The summed E-state index contributed by atoms with van der Waals surface area (Å²) in [6.07, 6.45) is -3.05. The van der Waals surface area contributed by atoms with Crippen LogP contribution in [0.1, 0.15) is 43.2 Å². The molecule has 0 bridgehead atoms. The Kier molecular flexibility index (Phi) is 6.94. The molecule has 33 heavy (non-hydrogen) atoms. The molecule has 1 aromatic carbocycles. The van der Waals surface area contributed by atoms with Crippen LogP contribution in [0.4, 0.5) is 23.2 Å². The highest BCUT2D eigenvalue weighted by atomic mass is 32.1. The number of carbonyl (C=O) groups excluding carboxylic acids is 1. The molecule has 1 atom stereocenters. The number of thiocarbonyl (C=S) groups is 1. The molecule has 1 aliphatic heterocycles. The van der Waals surface area contributed by atoms with E-state index in [1.54, 1.807) is 6.92 Å². The third-order valence-corrected chi connectivity index (χ3v) is 5.20. The SMILES string of the molecule is CC1(C)C[C@@](C)(c2cc(NC(=O)c3ccc(OCC(F)(F)F)cn3)ccc2F)NC(=S)CO1. The Balaban J connectivity index is 1.78. The maximum atomic E-state index is 14.8. The first kappa shape index (κ1) is 24.8. The number of rotatable bonds is 5. The molecule has 1 amide bonds. The number of carbonyl (C=O) groups is 1. The van der Waals surface area contributed by atoms with Crippen molar-refractivity contribution in [1.82, 2.24) is 10.3 Å². The fourth-order valence-electron chi connectivity index (χ4n) is 3.70. The summed E-state index contributed by atoms with van der Waals surface area (Å²) in [4.78, 5) is 16.8. The highest BCUT2D eigenvalue weighted by Crippen LogP contribution is 2.36. The zero-order valence-corrected chi connectivity index (χ0v) is 19.0. The van der Waals surface area contributed by atoms with Crippen LogP contribution in [0, 0.1) is 5.82 Å². The maximum Gasteiger partial charge on any atom is 0.422 e. The first-order chi connectivity index (χ1) is 15.3. The lowest BCUT2D eigenvalue weighted by Crippen LogP contribution is -2.45. The number of nitrogens with one attached hydrogen (secondary N) is 2. The van der Waals surface area contributed by atoms with E-state index in [0.717, 1.165) is 6.20 Å². The topological polar surface area (TPSA) is 72.5 Å². The van der Waals surface area contributed by atoms with E-state index in [4.69, 9.17) is 17.0 Å². The molecule has 0 spiro atoms. The van der Waals surface area contributed by atoms with E-state index in [0.29, 0.717) is 22.7 Å². The van der Waals surface area contributed by atoms with Gasteiger partial charge in [0, 0.05) is 17.7 Å². The Morgan fingerprint density at radius 3 is 2.64 bits per heavy atom. The second-order valence-corrected chi connectivity index (χ2v) is 9.03. The van der Waals surface area contributed by atoms with Crippen molar-refractivity contribution in [3.8, 4) is 5.75 Å². The molecule has 6 nitrogen and oxygen atoms in total. The van der Waals surface area contributed by atoms with Crippen LogP contribution in [-0.2, 0) is 10.3 Å². The van der Waals surface area contributed by atoms with E-state index in [1.165, 1.54) is 30.3 Å². The van der Waals surface area contributed by atoms with Gasteiger partial charge in [-0.1, -0.05) is 12.2 Å². The number of anilines is 1. The van der Waals surface area contributed by atoms with E-state index in [-0.39, 0.29) is 18.1 Å². The molecule has 2 heterocycles. The van der Waals surface area contributed by atoms with Gasteiger partial charge in [0.15, 0.2) is 6.61 Å². The van der Waals surface area contributed by atoms with Crippen molar-refractivity contribution < 1.29 is 31.8 Å². The Morgan fingerprint density at radius 1 is 1.27 bits per heavy atom. The number of ether oxygens (including phenoxy) is 2. The van der Waals surface area contributed by atoms with Gasteiger partial charge in [0.1, 0.15) is 22.2 Å². The van der Waals surface area contributed by atoms with E-state index < -0.39 is 35.6 Å². The summed E-state index contributed by atoms with van der Waals surface area (Å²) in [6.45, 7) is 4.33. The normalized spacial score (nSPS) is 20.5. The summed E-state index contributed by atoms with van der Waals surface area (Å²) in [6, 6.07) is 6.59. The minimum Gasteiger partial charge on any atom is -0.483 e. The number of alkyl halides is 3. The Morgan fingerprint density at radius 2 is 2.00 bits per heavy atom. The third-order valence-electron chi connectivity index (χ3n) is 4.98. The monoisotopic (exact) mass is 485 g/mol. The molecular formula is C22H23F4N3O3S. The molecule has 0 saturated carbocycles. The fraction of sp³-hybridized carbons (Fsp3) is 0.409. The van der Waals surface area contributed by atoms with Crippen molar-refractivity contribution in [2.75, 3.05) is 18.5 Å². The van der Waals surface area contributed by atoms with Crippen LogP contribution >= 0.6 is 12.2 Å². The van der Waals surface area contributed by atoms with Gasteiger partial charge in [-0.2, -0.15) is 13.2 Å². The molecular weight excluding hydrogens is 462 g/mol. The van der Waals surface area contributed by atoms with Gasteiger partial charge in [-0.25, -0.2) is 9.37 Å². The molecule has 2 N–H and O–H groups in total. The van der Waals surface area contributed by atoms with Crippen molar-refractivity contribution in [2.24, 2.45) is 0 Å². The smallest absolute Gasteiger partial charge is 0.422 e. The van der Waals surface area contributed by atoms with Crippen LogP contribution in [0.2, 0.25) is 0 Å². The van der Waals surface area contributed by atoms with Crippen molar-refractivity contribution in [3.63, 3.8) is 0 Å².